The molecule has 3 nitrogen and oxygen atoms in total. The lowest BCUT2D eigenvalue weighted by molar-refractivity contribution is -0.0546. The van der Waals surface area contributed by atoms with Gasteiger partial charge in [0.2, 0.25) is 0 Å². The van der Waals surface area contributed by atoms with Gasteiger partial charge in [0.1, 0.15) is 0 Å². The van der Waals surface area contributed by atoms with Gasteiger partial charge in [-0.2, -0.15) is 0 Å². The molecule has 0 amide bonds. The van der Waals surface area contributed by atoms with E-state index in [1.807, 2.05) is 0 Å². The van der Waals surface area contributed by atoms with E-state index in [2.05, 4.69) is 39.9 Å². The van der Waals surface area contributed by atoms with Crippen LogP contribution in [0.5, 0.6) is 0 Å². The van der Waals surface area contributed by atoms with Crippen LogP contribution in [0.1, 0.15) is 66.7 Å². The first-order chi connectivity index (χ1) is 9.81. The smallest absolute Gasteiger partial charge is 0.0686 e. The van der Waals surface area contributed by atoms with E-state index in [4.69, 9.17) is 4.74 Å². The van der Waals surface area contributed by atoms with E-state index in [0.717, 1.165) is 18.8 Å². The van der Waals surface area contributed by atoms with Crippen LogP contribution in [0.2, 0.25) is 0 Å². The minimum Gasteiger partial charge on any atom is -0.392 e. The second kappa shape index (κ2) is 6.55. The summed E-state index contributed by atoms with van der Waals surface area (Å²) >= 11 is 0. The molecule has 3 heteroatoms. The number of ether oxygens (including phenoxy) is 1. The van der Waals surface area contributed by atoms with Gasteiger partial charge in [0.05, 0.1) is 12.2 Å². The van der Waals surface area contributed by atoms with Gasteiger partial charge in [0.25, 0.3) is 0 Å². The molecule has 2 bridgehead atoms. The zero-order chi connectivity index (χ0) is 15.7. The molecule has 124 valence electrons. The van der Waals surface area contributed by atoms with Gasteiger partial charge < -0.3 is 15.2 Å². The number of hydrogen-bond acceptors (Lipinski definition) is 3. The fraction of sp³-hybridized carbons (Fsp3) is 1.00. The molecule has 0 aliphatic heterocycles. The van der Waals surface area contributed by atoms with Crippen molar-refractivity contribution in [3.8, 4) is 0 Å². The van der Waals surface area contributed by atoms with Crippen molar-refractivity contribution in [1.29, 1.82) is 0 Å². The van der Waals surface area contributed by atoms with Gasteiger partial charge in [0.15, 0.2) is 0 Å². The van der Waals surface area contributed by atoms with Crippen molar-refractivity contribution in [3.63, 3.8) is 0 Å². The number of hydrogen-bond donors (Lipinski definition) is 2. The zero-order valence-corrected chi connectivity index (χ0v) is 14.6. The van der Waals surface area contributed by atoms with E-state index in [0.29, 0.717) is 36.1 Å². The molecule has 0 radical (unpaired) electrons. The van der Waals surface area contributed by atoms with E-state index < -0.39 is 0 Å². The maximum atomic E-state index is 10.0. The number of rotatable bonds is 8. The molecule has 0 heterocycles. The lowest BCUT2D eigenvalue weighted by Gasteiger charge is -2.39. The van der Waals surface area contributed by atoms with Crippen molar-refractivity contribution in [2.45, 2.75) is 85.0 Å². The topological polar surface area (TPSA) is 41.5 Å². The quantitative estimate of drug-likeness (QED) is 0.722. The van der Waals surface area contributed by atoms with Gasteiger partial charge in [-0.3, -0.25) is 0 Å². The summed E-state index contributed by atoms with van der Waals surface area (Å²) in [6.45, 7) is 12.9. The highest BCUT2D eigenvalue weighted by molar-refractivity contribution is 5.11. The van der Waals surface area contributed by atoms with E-state index in [9.17, 15) is 5.11 Å². The standard InChI is InChI=1S/C18H35NO2/c1-6-13(2)19-12-15(20)8-10-21-16-11-14-7-9-18(16,5)17(14,3)4/h13-16,19-20H,6-12H2,1-5H3/t13-,14+,15-,16+,18+/m0/s1. The van der Waals surface area contributed by atoms with Gasteiger partial charge in [-0.15, -0.1) is 0 Å². The molecule has 0 spiro atoms. The molecular formula is C18H35NO2. The molecular weight excluding hydrogens is 262 g/mol. The highest BCUT2D eigenvalue weighted by Gasteiger charge is 2.61. The van der Waals surface area contributed by atoms with Gasteiger partial charge in [0, 0.05) is 19.2 Å². The highest BCUT2D eigenvalue weighted by Crippen LogP contribution is 2.66. The average molecular weight is 297 g/mol. The summed E-state index contributed by atoms with van der Waals surface area (Å²) in [4.78, 5) is 0. The molecule has 5 atom stereocenters. The third kappa shape index (κ3) is 3.30. The Labute approximate surface area is 130 Å². The highest BCUT2D eigenvalue weighted by atomic mass is 16.5. The van der Waals surface area contributed by atoms with E-state index in [1.165, 1.54) is 19.3 Å². The SMILES string of the molecule is CC[C@H](C)NC[C@@H](O)CCO[C@@H]1C[C@H]2CC[C@@]1(C)C2(C)C. The molecule has 0 unspecified atom stereocenters. The van der Waals surface area contributed by atoms with Crippen LogP contribution in [-0.4, -0.2) is 36.5 Å². The molecule has 0 aromatic carbocycles. The van der Waals surface area contributed by atoms with Crippen LogP contribution in [0.15, 0.2) is 0 Å². The minimum atomic E-state index is -0.293. The summed E-state index contributed by atoms with van der Waals surface area (Å²) in [6, 6.07) is 0.478. The molecule has 2 fully saturated rings. The van der Waals surface area contributed by atoms with Gasteiger partial charge in [-0.05, 0) is 55.8 Å². The number of fused-ring (bicyclic) bond motifs is 2. The fourth-order valence-corrected chi connectivity index (χ4v) is 4.31. The summed E-state index contributed by atoms with van der Waals surface area (Å²) in [6.07, 6.45) is 5.81. The first-order valence-electron chi connectivity index (χ1n) is 8.84. The summed E-state index contributed by atoms with van der Waals surface area (Å²) in [5, 5.41) is 13.4. The van der Waals surface area contributed by atoms with Crippen molar-refractivity contribution in [2.24, 2.45) is 16.7 Å². The number of nitrogens with one attached hydrogen (secondary N) is 1. The summed E-state index contributed by atoms with van der Waals surface area (Å²) in [5.74, 6) is 0.824. The Balaban J connectivity index is 1.70. The minimum absolute atomic E-state index is 0.293. The van der Waals surface area contributed by atoms with Crippen LogP contribution in [0.4, 0.5) is 0 Å². The fourth-order valence-electron chi connectivity index (χ4n) is 4.31. The molecule has 2 N–H and O–H groups in total. The first-order valence-corrected chi connectivity index (χ1v) is 8.84. The number of aliphatic hydroxyl groups excluding tert-OH is 1. The molecule has 0 aromatic heterocycles. The molecule has 2 aliphatic carbocycles. The number of aliphatic hydroxyl groups is 1. The Kier molecular flexibility index (Phi) is 5.38. The van der Waals surface area contributed by atoms with Crippen molar-refractivity contribution in [1.82, 2.24) is 5.32 Å². The Hall–Kier alpha value is -0.120. The van der Waals surface area contributed by atoms with Gasteiger partial charge >= 0.3 is 0 Å². The van der Waals surface area contributed by atoms with E-state index >= 15 is 0 Å². The van der Waals surface area contributed by atoms with Crippen LogP contribution in [0.25, 0.3) is 0 Å². The Bertz CT molecular complexity index is 344. The predicted octanol–water partition coefficient (Wildman–Crippen LogP) is 3.36. The lowest BCUT2D eigenvalue weighted by atomic mass is 9.70. The molecule has 2 aliphatic rings. The Morgan fingerprint density at radius 1 is 1.33 bits per heavy atom. The van der Waals surface area contributed by atoms with Gasteiger partial charge in [-0.25, -0.2) is 0 Å². The van der Waals surface area contributed by atoms with E-state index in [1.54, 1.807) is 0 Å². The second-order valence-electron chi connectivity index (χ2n) is 8.13. The van der Waals surface area contributed by atoms with Crippen molar-refractivity contribution >= 4 is 0 Å². The van der Waals surface area contributed by atoms with Crippen molar-refractivity contribution < 1.29 is 9.84 Å². The average Bonchev–Trinajstić information content (AvgIpc) is 2.77. The Morgan fingerprint density at radius 2 is 2.05 bits per heavy atom. The monoisotopic (exact) mass is 297 g/mol. The van der Waals surface area contributed by atoms with Crippen LogP contribution in [0.3, 0.4) is 0 Å². The lowest BCUT2D eigenvalue weighted by Crippen LogP contribution is -2.38. The predicted molar refractivity (Wildman–Crippen MR) is 87.3 cm³/mol. The van der Waals surface area contributed by atoms with Crippen LogP contribution in [-0.2, 0) is 4.74 Å². The molecule has 0 aromatic rings. The van der Waals surface area contributed by atoms with E-state index in [-0.39, 0.29) is 6.10 Å². The van der Waals surface area contributed by atoms with Crippen LogP contribution >= 0.6 is 0 Å². The molecule has 21 heavy (non-hydrogen) atoms. The largest absolute Gasteiger partial charge is 0.392 e. The summed E-state index contributed by atoms with van der Waals surface area (Å²) in [5.41, 5.74) is 0.742. The molecule has 0 saturated heterocycles. The van der Waals surface area contributed by atoms with Crippen LogP contribution < -0.4 is 5.32 Å². The molecule has 2 rings (SSSR count). The zero-order valence-electron chi connectivity index (χ0n) is 14.6. The van der Waals surface area contributed by atoms with Crippen molar-refractivity contribution in [2.75, 3.05) is 13.2 Å². The molecule has 2 saturated carbocycles. The summed E-state index contributed by atoms with van der Waals surface area (Å²) in [7, 11) is 0. The second-order valence-corrected chi connectivity index (χ2v) is 8.13. The third-order valence-corrected chi connectivity index (χ3v) is 6.80. The third-order valence-electron chi connectivity index (χ3n) is 6.80. The van der Waals surface area contributed by atoms with Gasteiger partial charge in [-0.1, -0.05) is 27.7 Å². The maximum Gasteiger partial charge on any atom is 0.0686 e. The summed E-state index contributed by atoms with van der Waals surface area (Å²) < 4.78 is 6.19. The normalized spacial score (nSPS) is 36.9. The Morgan fingerprint density at radius 3 is 2.57 bits per heavy atom. The van der Waals surface area contributed by atoms with Crippen molar-refractivity contribution in [3.05, 3.63) is 0 Å². The van der Waals surface area contributed by atoms with Crippen LogP contribution in [0, 0.1) is 16.7 Å². The maximum absolute atomic E-state index is 10.0. The first kappa shape index (κ1) is 17.2.